The molecule has 0 saturated carbocycles. The molecule has 1 saturated heterocycles. The molecule has 1 aromatic carbocycles. The molecule has 2 rings (SSSR count). The van der Waals surface area contributed by atoms with Gasteiger partial charge in [-0.1, -0.05) is 6.07 Å². The third-order valence-electron chi connectivity index (χ3n) is 3.68. The Balaban J connectivity index is 2.03. The van der Waals surface area contributed by atoms with Gasteiger partial charge in [0.2, 0.25) is 11.8 Å². The number of hydrogen-bond acceptors (Lipinski definition) is 5. The Hall–Kier alpha value is -2.08. The van der Waals surface area contributed by atoms with Crippen molar-refractivity contribution in [2.75, 3.05) is 21.3 Å². The Kier molecular flexibility index (Phi) is 4.80. The van der Waals surface area contributed by atoms with Crippen molar-refractivity contribution in [3.8, 4) is 11.5 Å². The molecule has 0 radical (unpaired) electrons. The van der Waals surface area contributed by atoms with Gasteiger partial charge in [0.15, 0.2) is 0 Å². The molecule has 0 bridgehead atoms. The third kappa shape index (κ3) is 3.33. The maximum Gasteiger partial charge on any atom is 0.246 e. The summed E-state index contributed by atoms with van der Waals surface area (Å²) < 4.78 is 10.5. The second kappa shape index (κ2) is 6.58. The molecule has 1 N–H and O–H groups in total. The van der Waals surface area contributed by atoms with E-state index >= 15 is 0 Å². The van der Waals surface area contributed by atoms with Crippen LogP contribution >= 0.6 is 0 Å². The Morgan fingerprint density at radius 2 is 2.05 bits per heavy atom. The van der Waals surface area contributed by atoms with Crippen LogP contribution in [0.15, 0.2) is 18.2 Å². The van der Waals surface area contributed by atoms with Crippen LogP contribution in [0.2, 0.25) is 0 Å². The van der Waals surface area contributed by atoms with E-state index in [-0.39, 0.29) is 17.9 Å². The van der Waals surface area contributed by atoms with E-state index in [9.17, 15) is 9.59 Å². The SMILES string of the molecule is COc1ccc(CNC2CCC(=O)N(C)C2=O)c(OC)c1. The highest BCUT2D eigenvalue weighted by molar-refractivity contribution is 6.00. The molecule has 21 heavy (non-hydrogen) atoms. The zero-order valence-electron chi connectivity index (χ0n) is 12.5. The standard InChI is InChI=1S/C15H20N2O4/c1-17-14(18)7-6-12(15(17)19)16-9-10-4-5-11(20-2)8-13(10)21-3/h4-5,8,12,16H,6-7,9H2,1-3H3. The summed E-state index contributed by atoms with van der Waals surface area (Å²) in [4.78, 5) is 24.6. The monoisotopic (exact) mass is 292 g/mol. The highest BCUT2D eigenvalue weighted by Gasteiger charge is 2.31. The number of ether oxygens (including phenoxy) is 2. The quantitative estimate of drug-likeness (QED) is 0.818. The van der Waals surface area contributed by atoms with Crippen LogP contribution in [0.25, 0.3) is 0 Å². The summed E-state index contributed by atoms with van der Waals surface area (Å²) in [5.74, 6) is 1.11. The molecular weight excluding hydrogens is 272 g/mol. The van der Waals surface area contributed by atoms with Gasteiger partial charge < -0.3 is 14.8 Å². The van der Waals surface area contributed by atoms with Crippen molar-refractivity contribution in [3.05, 3.63) is 23.8 Å². The van der Waals surface area contributed by atoms with Gasteiger partial charge in [-0.05, 0) is 12.5 Å². The minimum Gasteiger partial charge on any atom is -0.497 e. The minimum absolute atomic E-state index is 0.125. The van der Waals surface area contributed by atoms with E-state index in [4.69, 9.17) is 9.47 Å². The number of nitrogens with zero attached hydrogens (tertiary/aromatic N) is 1. The van der Waals surface area contributed by atoms with Crippen LogP contribution in [0.1, 0.15) is 18.4 Å². The molecule has 0 aliphatic carbocycles. The summed E-state index contributed by atoms with van der Waals surface area (Å²) in [6.45, 7) is 0.492. The molecule has 1 heterocycles. The van der Waals surface area contributed by atoms with Crippen LogP contribution in [-0.2, 0) is 16.1 Å². The molecule has 114 valence electrons. The molecule has 1 aromatic rings. The fourth-order valence-corrected chi connectivity index (χ4v) is 2.34. The van der Waals surface area contributed by atoms with Crippen LogP contribution in [0.4, 0.5) is 0 Å². The van der Waals surface area contributed by atoms with Gasteiger partial charge in [-0.25, -0.2) is 0 Å². The first-order valence-corrected chi connectivity index (χ1v) is 6.81. The average molecular weight is 292 g/mol. The molecule has 1 aliphatic rings. The Bertz CT molecular complexity index is 544. The van der Waals surface area contributed by atoms with Crippen molar-refractivity contribution < 1.29 is 19.1 Å². The number of piperidine rings is 1. The summed E-state index contributed by atoms with van der Waals surface area (Å²) >= 11 is 0. The van der Waals surface area contributed by atoms with E-state index < -0.39 is 0 Å². The van der Waals surface area contributed by atoms with Gasteiger partial charge in [0.05, 0.1) is 20.3 Å². The highest BCUT2D eigenvalue weighted by Crippen LogP contribution is 2.24. The summed E-state index contributed by atoms with van der Waals surface area (Å²) in [6, 6.07) is 5.21. The highest BCUT2D eigenvalue weighted by atomic mass is 16.5. The molecule has 6 nitrogen and oxygen atoms in total. The summed E-state index contributed by atoms with van der Waals surface area (Å²) in [5.41, 5.74) is 0.936. The lowest BCUT2D eigenvalue weighted by Crippen LogP contribution is -2.51. The number of imide groups is 1. The van der Waals surface area contributed by atoms with Gasteiger partial charge in [0.25, 0.3) is 0 Å². The number of nitrogens with one attached hydrogen (secondary N) is 1. The van der Waals surface area contributed by atoms with Crippen LogP contribution in [0.5, 0.6) is 11.5 Å². The lowest BCUT2D eigenvalue weighted by Gasteiger charge is -2.28. The molecule has 0 aromatic heterocycles. The summed E-state index contributed by atoms with van der Waals surface area (Å²) in [6.07, 6.45) is 0.917. The number of methoxy groups -OCH3 is 2. The molecule has 1 atom stereocenters. The number of hydrogen-bond donors (Lipinski definition) is 1. The van der Waals surface area contributed by atoms with Gasteiger partial charge in [0, 0.05) is 31.6 Å². The van der Waals surface area contributed by atoms with E-state index in [2.05, 4.69) is 5.32 Å². The lowest BCUT2D eigenvalue weighted by molar-refractivity contribution is -0.148. The van der Waals surface area contributed by atoms with Crippen molar-refractivity contribution in [1.82, 2.24) is 10.2 Å². The smallest absolute Gasteiger partial charge is 0.246 e. The van der Waals surface area contributed by atoms with Gasteiger partial charge in [0.1, 0.15) is 11.5 Å². The van der Waals surface area contributed by atoms with E-state index in [1.165, 1.54) is 11.9 Å². The fourth-order valence-electron chi connectivity index (χ4n) is 2.34. The zero-order valence-corrected chi connectivity index (χ0v) is 12.5. The van der Waals surface area contributed by atoms with Crippen LogP contribution in [-0.4, -0.2) is 44.0 Å². The summed E-state index contributed by atoms with van der Waals surface area (Å²) in [7, 11) is 4.71. The van der Waals surface area contributed by atoms with Crippen molar-refractivity contribution in [3.63, 3.8) is 0 Å². The second-order valence-corrected chi connectivity index (χ2v) is 4.94. The number of likely N-dealkylation sites (tertiary alicyclic amines) is 1. The van der Waals surface area contributed by atoms with Crippen LogP contribution < -0.4 is 14.8 Å². The summed E-state index contributed by atoms with van der Waals surface area (Å²) in [5, 5.41) is 3.19. The fraction of sp³-hybridized carbons (Fsp3) is 0.467. The molecule has 2 amide bonds. The third-order valence-corrected chi connectivity index (χ3v) is 3.68. The van der Waals surface area contributed by atoms with Crippen molar-refractivity contribution >= 4 is 11.8 Å². The Labute approximate surface area is 124 Å². The molecular formula is C15H20N2O4. The predicted molar refractivity (Wildman–Crippen MR) is 77.2 cm³/mol. The number of carbonyl (C=O) groups excluding carboxylic acids is 2. The largest absolute Gasteiger partial charge is 0.497 e. The first-order valence-electron chi connectivity index (χ1n) is 6.81. The Morgan fingerprint density at radius 3 is 2.71 bits per heavy atom. The lowest BCUT2D eigenvalue weighted by atomic mass is 10.0. The van der Waals surface area contributed by atoms with E-state index in [0.29, 0.717) is 25.1 Å². The van der Waals surface area contributed by atoms with Crippen molar-refractivity contribution in [2.24, 2.45) is 0 Å². The Morgan fingerprint density at radius 1 is 1.29 bits per heavy atom. The van der Waals surface area contributed by atoms with E-state index in [1.54, 1.807) is 20.3 Å². The van der Waals surface area contributed by atoms with E-state index in [0.717, 1.165) is 11.3 Å². The molecule has 6 heteroatoms. The van der Waals surface area contributed by atoms with Gasteiger partial charge in [-0.3, -0.25) is 14.5 Å². The molecule has 0 spiro atoms. The maximum atomic E-state index is 12.0. The number of amides is 2. The minimum atomic E-state index is -0.334. The zero-order chi connectivity index (χ0) is 15.4. The first-order chi connectivity index (χ1) is 10.1. The van der Waals surface area contributed by atoms with Crippen molar-refractivity contribution in [2.45, 2.75) is 25.4 Å². The van der Waals surface area contributed by atoms with Crippen LogP contribution in [0.3, 0.4) is 0 Å². The molecule has 1 unspecified atom stereocenters. The number of likely N-dealkylation sites (N-methyl/N-ethyl adjacent to an activating group) is 1. The predicted octanol–water partition coefficient (Wildman–Crippen LogP) is 0.941. The number of benzene rings is 1. The molecule has 1 aliphatic heterocycles. The van der Waals surface area contributed by atoms with Gasteiger partial charge >= 0.3 is 0 Å². The molecule has 1 fully saturated rings. The second-order valence-electron chi connectivity index (χ2n) is 4.94. The topological polar surface area (TPSA) is 67.9 Å². The number of rotatable bonds is 5. The van der Waals surface area contributed by atoms with Gasteiger partial charge in [-0.2, -0.15) is 0 Å². The first kappa shape index (κ1) is 15.3. The van der Waals surface area contributed by atoms with Crippen LogP contribution in [0, 0.1) is 0 Å². The normalized spacial score (nSPS) is 18.8. The van der Waals surface area contributed by atoms with E-state index in [1.807, 2.05) is 12.1 Å². The number of carbonyl (C=O) groups is 2. The van der Waals surface area contributed by atoms with Crippen molar-refractivity contribution in [1.29, 1.82) is 0 Å². The average Bonchev–Trinajstić information content (AvgIpc) is 2.52. The van der Waals surface area contributed by atoms with Gasteiger partial charge in [-0.15, -0.1) is 0 Å². The maximum absolute atomic E-state index is 12.0.